The van der Waals surface area contributed by atoms with Crippen molar-refractivity contribution in [2.75, 3.05) is 5.73 Å². The number of H-pyrrole nitrogens is 1. The Kier molecular flexibility index (Phi) is 2.91. The van der Waals surface area contributed by atoms with Crippen LogP contribution in [0.15, 0.2) is 16.9 Å². The average molecular weight is 297 g/mol. The molecule has 2 rings (SSSR count). The molecule has 0 saturated heterocycles. The number of aromatic amines is 1. The van der Waals surface area contributed by atoms with Crippen molar-refractivity contribution in [3.8, 4) is 0 Å². The SMILES string of the molecule is Nc1cc(C(F)(F)F)cc2[nH]c(=O)c(C(F)(F)F)nc12. The second-order valence-corrected chi connectivity index (χ2v) is 3.87. The number of benzene rings is 1. The molecule has 3 N–H and O–H groups in total. The molecular formula is C10H5F6N3O. The first-order chi connectivity index (χ1) is 9.00. The van der Waals surface area contributed by atoms with Gasteiger partial charge in [0.15, 0.2) is 0 Å². The van der Waals surface area contributed by atoms with Crippen molar-refractivity contribution >= 4 is 16.7 Å². The van der Waals surface area contributed by atoms with Crippen LogP contribution in [0.3, 0.4) is 0 Å². The Morgan fingerprint density at radius 1 is 1.05 bits per heavy atom. The van der Waals surface area contributed by atoms with Gasteiger partial charge < -0.3 is 10.7 Å². The Morgan fingerprint density at radius 3 is 2.15 bits per heavy atom. The lowest BCUT2D eigenvalue weighted by molar-refractivity contribution is -0.142. The number of rotatable bonds is 0. The molecule has 0 aliphatic rings. The molecule has 1 aromatic carbocycles. The number of aromatic nitrogens is 2. The molecule has 0 bridgehead atoms. The highest BCUT2D eigenvalue weighted by Crippen LogP contribution is 2.34. The van der Waals surface area contributed by atoms with Crippen LogP contribution in [0, 0.1) is 0 Å². The summed E-state index contributed by atoms with van der Waals surface area (Å²) in [5.41, 5.74) is -1.02. The highest BCUT2D eigenvalue weighted by atomic mass is 19.4. The summed E-state index contributed by atoms with van der Waals surface area (Å²) in [5.74, 6) is 0. The molecular weight excluding hydrogens is 292 g/mol. The number of anilines is 1. The van der Waals surface area contributed by atoms with Gasteiger partial charge in [-0.05, 0) is 12.1 Å². The largest absolute Gasteiger partial charge is 0.438 e. The summed E-state index contributed by atoms with van der Waals surface area (Å²) in [4.78, 5) is 15.9. The fourth-order valence-corrected chi connectivity index (χ4v) is 1.58. The number of nitrogen functional groups attached to an aromatic ring is 1. The molecule has 0 amide bonds. The smallest absolute Gasteiger partial charge is 0.397 e. The Hall–Kier alpha value is -2.26. The molecule has 108 valence electrons. The predicted molar refractivity (Wildman–Crippen MR) is 56.8 cm³/mol. The summed E-state index contributed by atoms with van der Waals surface area (Å²) in [6, 6.07) is 0.925. The van der Waals surface area contributed by atoms with Gasteiger partial charge in [-0.25, -0.2) is 4.98 Å². The summed E-state index contributed by atoms with van der Waals surface area (Å²) >= 11 is 0. The minimum Gasteiger partial charge on any atom is -0.397 e. The van der Waals surface area contributed by atoms with E-state index in [2.05, 4.69) is 4.98 Å². The number of nitrogens with one attached hydrogen (secondary N) is 1. The summed E-state index contributed by atoms with van der Waals surface area (Å²) in [7, 11) is 0. The fraction of sp³-hybridized carbons (Fsp3) is 0.200. The van der Waals surface area contributed by atoms with Gasteiger partial charge in [0.25, 0.3) is 5.56 Å². The van der Waals surface area contributed by atoms with E-state index in [0.29, 0.717) is 12.1 Å². The van der Waals surface area contributed by atoms with Crippen molar-refractivity contribution < 1.29 is 26.3 Å². The van der Waals surface area contributed by atoms with Crippen molar-refractivity contribution in [2.24, 2.45) is 0 Å². The number of halogens is 6. The fourth-order valence-electron chi connectivity index (χ4n) is 1.58. The lowest BCUT2D eigenvalue weighted by Gasteiger charge is -2.11. The zero-order valence-corrected chi connectivity index (χ0v) is 9.36. The molecule has 1 aromatic heterocycles. The lowest BCUT2D eigenvalue weighted by atomic mass is 10.1. The van der Waals surface area contributed by atoms with E-state index in [4.69, 9.17) is 5.73 Å². The number of hydrogen-bond donors (Lipinski definition) is 2. The average Bonchev–Trinajstić information content (AvgIpc) is 2.24. The monoisotopic (exact) mass is 297 g/mol. The number of alkyl halides is 6. The van der Waals surface area contributed by atoms with Gasteiger partial charge in [0.1, 0.15) is 5.52 Å². The van der Waals surface area contributed by atoms with E-state index in [1.807, 2.05) is 0 Å². The maximum Gasteiger partial charge on any atom is 0.438 e. The van der Waals surface area contributed by atoms with E-state index < -0.39 is 45.9 Å². The quantitative estimate of drug-likeness (QED) is 0.580. The van der Waals surface area contributed by atoms with Gasteiger partial charge in [0.2, 0.25) is 5.69 Å². The van der Waals surface area contributed by atoms with Crippen molar-refractivity contribution in [3.63, 3.8) is 0 Å². The zero-order chi connectivity index (χ0) is 15.3. The Morgan fingerprint density at radius 2 is 1.65 bits per heavy atom. The van der Waals surface area contributed by atoms with Crippen molar-refractivity contribution in [2.45, 2.75) is 12.4 Å². The standard InChI is InChI=1S/C10H5F6N3O/c11-9(12,13)3-1-4(17)6-5(2-3)18-8(20)7(19-6)10(14,15)16/h1-2H,17H2,(H,18,20). The minimum absolute atomic E-state index is 0.452. The first-order valence-corrected chi connectivity index (χ1v) is 4.98. The summed E-state index contributed by atoms with van der Waals surface area (Å²) < 4.78 is 75.0. The molecule has 2 aromatic rings. The van der Waals surface area contributed by atoms with E-state index in [9.17, 15) is 31.1 Å². The summed E-state index contributed by atoms with van der Waals surface area (Å²) in [6.07, 6.45) is -9.78. The second kappa shape index (κ2) is 4.12. The molecule has 0 spiro atoms. The first-order valence-electron chi connectivity index (χ1n) is 4.98. The van der Waals surface area contributed by atoms with Crippen molar-refractivity contribution in [1.29, 1.82) is 0 Å². The Bertz CT molecular complexity index is 731. The maximum atomic E-state index is 12.5. The van der Waals surface area contributed by atoms with Crippen LogP contribution in [0.5, 0.6) is 0 Å². The van der Waals surface area contributed by atoms with Gasteiger partial charge in [0, 0.05) is 0 Å². The topological polar surface area (TPSA) is 71.8 Å². The molecule has 0 fully saturated rings. The van der Waals surface area contributed by atoms with Crippen LogP contribution in [0.1, 0.15) is 11.3 Å². The third kappa shape index (κ3) is 2.40. The Balaban J connectivity index is 2.80. The van der Waals surface area contributed by atoms with E-state index in [-0.39, 0.29) is 0 Å². The molecule has 0 aliphatic carbocycles. The van der Waals surface area contributed by atoms with Crippen LogP contribution in [-0.2, 0) is 12.4 Å². The first kappa shape index (κ1) is 14.2. The molecule has 0 aliphatic heterocycles. The third-order valence-electron chi connectivity index (χ3n) is 2.42. The molecule has 0 saturated carbocycles. The zero-order valence-electron chi connectivity index (χ0n) is 9.36. The summed E-state index contributed by atoms with van der Waals surface area (Å²) in [6.45, 7) is 0. The van der Waals surface area contributed by atoms with Gasteiger partial charge >= 0.3 is 12.4 Å². The van der Waals surface area contributed by atoms with Gasteiger partial charge in [-0.3, -0.25) is 4.79 Å². The van der Waals surface area contributed by atoms with Crippen molar-refractivity contribution in [3.05, 3.63) is 33.7 Å². The number of nitrogens with two attached hydrogens (primary N) is 1. The van der Waals surface area contributed by atoms with Gasteiger partial charge in [-0.1, -0.05) is 0 Å². The number of nitrogens with zero attached hydrogens (tertiary/aromatic N) is 1. The number of hydrogen-bond acceptors (Lipinski definition) is 3. The van der Waals surface area contributed by atoms with Crippen LogP contribution < -0.4 is 11.3 Å². The van der Waals surface area contributed by atoms with Gasteiger partial charge in [0.05, 0.1) is 16.8 Å². The molecule has 1 heterocycles. The van der Waals surface area contributed by atoms with Crippen LogP contribution in [-0.4, -0.2) is 9.97 Å². The normalized spacial score (nSPS) is 12.9. The second-order valence-electron chi connectivity index (χ2n) is 3.87. The van der Waals surface area contributed by atoms with Crippen LogP contribution >= 0.6 is 0 Å². The third-order valence-corrected chi connectivity index (χ3v) is 2.42. The molecule has 4 nitrogen and oxygen atoms in total. The van der Waals surface area contributed by atoms with Crippen LogP contribution in [0.2, 0.25) is 0 Å². The molecule has 20 heavy (non-hydrogen) atoms. The number of fused-ring (bicyclic) bond motifs is 1. The highest BCUT2D eigenvalue weighted by molar-refractivity contribution is 5.87. The van der Waals surface area contributed by atoms with Gasteiger partial charge in [-0.15, -0.1) is 0 Å². The van der Waals surface area contributed by atoms with E-state index in [0.717, 1.165) is 0 Å². The molecule has 10 heteroatoms. The van der Waals surface area contributed by atoms with Gasteiger partial charge in [-0.2, -0.15) is 26.3 Å². The Labute approximate surface area is 106 Å². The molecule has 0 unspecified atom stereocenters. The van der Waals surface area contributed by atoms with Crippen LogP contribution in [0.25, 0.3) is 11.0 Å². The van der Waals surface area contributed by atoms with E-state index in [1.165, 1.54) is 0 Å². The maximum absolute atomic E-state index is 12.5. The predicted octanol–water partition coefficient (Wildman–Crippen LogP) is 2.54. The molecule has 0 atom stereocenters. The van der Waals surface area contributed by atoms with Crippen LogP contribution in [0.4, 0.5) is 32.0 Å². The highest BCUT2D eigenvalue weighted by Gasteiger charge is 2.37. The lowest BCUT2D eigenvalue weighted by Crippen LogP contribution is -2.24. The van der Waals surface area contributed by atoms with E-state index >= 15 is 0 Å². The van der Waals surface area contributed by atoms with E-state index in [1.54, 1.807) is 4.98 Å². The summed E-state index contributed by atoms with van der Waals surface area (Å²) in [5, 5.41) is 0. The molecule has 0 radical (unpaired) electrons. The minimum atomic E-state index is -5.03. The van der Waals surface area contributed by atoms with Crippen molar-refractivity contribution in [1.82, 2.24) is 9.97 Å².